The lowest BCUT2D eigenvalue weighted by Crippen LogP contribution is -1.98. The number of aliphatic hydroxyl groups is 1. The van der Waals surface area contributed by atoms with Crippen molar-refractivity contribution in [2.45, 2.75) is 39.4 Å². The van der Waals surface area contributed by atoms with Gasteiger partial charge in [-0.1, -0.05) is 24.2 Å². The van der Waals surface area contributed by atoms with E-state index in [1.165, 1.54) is 0 Å². The SMILES string of the molecule is CCCc1noc(COc2cccc([C@H](C)O)c2)n1. The third-order valence-electron chi connectivity index (χ3n) is 2.69. The van der Waals surface area contributed by atoms with Gasteiger partial charge in [0.15, 0.2) is 12.4 Å². The van der Waals surface area contributed by atoms with Crippen LogP contribution in [0.15, 0.2) is 28.8 Å². The first-order chi connectivity index (χ1) is 9.19. The molecule has 0 saturated carbocycles. The van der Waals surface area contributed by atoms with Gasteiger partial charge in [0.1, 0.15) is 5.75 Å². The summed E-state index contributed by atoms with van der Waals surface area (Å²) in [5.41, 5.74) is 0.815. The Morgan fingerprint density at radius 2 is 2.26 bits per heavy atom. The third kappa shape index (κ3) is 3.79. The van der Waals surface area contributed by atoms with Crippen molar-refractivity contribution >= 4 is 0 Å². The van der Waals surface area contributed by atoms with Gasteiger partial charge in [-0.15, -0.1) is 0 Å². The van der Waals surface area contributed by atoms with Crippen LogP contribution >= 0.6 is 0 Å². The zero-order chi connectivity index (χ0) is 13.7. The molecule has 5 heteroatoms. The number of hydrogen-bond acceptors (Lipinski definition) is 5. The second-order valence-corrected chi connectivity index (χ2v) is 4.39. The van der Waals surface area contributed by atoms with E-state index in [4.69, 9.17) is 9.26 Å². The zero-order valence-electron chi connectivity index (χ0n) is 11.2. The molecule has 2 aromatic rings. The van der Waals surface area contributed by atoms with E-state index < -0.39 is 6.10 Å². The molecule has 0 aliphatic rings. The van der Waals surface area contributed by atoms with Crippen LogP contribution in [0.1, 0.15) is 43.7 Å². The van der Waals surface area contributed by atoms with Crippen molar-refractivity contribution in [3.05, 3.63) is 41.5 Å². The average molecular weight is 262 g/mol. The summed E-state index contributed by atoms with van der Waals surface area (Å²) >= 11 is 0. The van der Waals surface area contributed by atoms with Gasteiger partial charge in [-0.05, 0) is 31.0 Å². The lowest BCUT2D eigenvalue weighted by molar-refractivity contribution is 0.197. The van der Waals surface area contributed by atoms with E-state index in [9.17, 15) is 5.11 Å². The summed E-state index contributed by atoms with van der Waals surface area (Å²) in [6.07, 6.45) is 1.28. The first-order valence-corrected chi connectivity index (χ1v) is 6.41. The van der Waals surface area contributed by atoms with Crippen LogP contribution in [0.3, 0.4) is 0 Å². The van der Waals surface area contributed by atoms with Gasteiger partial charge < -0.3 is 14.4 Å². The van der Waals surface area contributed by atoms with Gasteiger partial charge in [-0.2, -0.15) is 4.98 Å². The van der Waals surface area contributed by atoms with Crippen molar-refractivity contribution in [2.75, 3.05) is 0 Å². The lowest BCUT2D eigenvalue weighted by atomic mass is 10.1. The van der Waals surface area contributed by atoms with Crippen molar-refractivity contribution in [3.8, 4) is 5.75 Å². The number of aromatic nitrogens is 2. The quantitative estimate of drug-likeness (QED) is 0.866. The van der Waals surface area contributed by atoms with E-state index in [1.54, 1.807) is 13.0 Å². The molecule has 102 valence electrons. The van der Waals surface area contributed by atoms with E-state index in [1.807, 2.05) is 18.2 Å². The summed E-state index contributed by atoms with van der Waals surface area (Å²) in [6.45, 7) is 4.02. The summed E-state index contributed by atoms with van der Waals surface area (Å²) in [6, 6.07) is 7.32. The van der Waals surface area contributed by atoms with Gasteiger partial charge in [0, 0.05) is 6.42 Å². The highest BCUT2D eigenvalue weighted by molar-refractivity contribution is 5.29. The Balaban J connectivity index is 1.95. The molecule has 0 amide bonds. The van der Waals surface area contributed by atoms with E-state index in [0.29, 0.717) is 17.5 Å². The molecule has 1 N–H and O–H groups in total. The molecular weight excluding hydrogens is 244 g/mol. The van der Waals surface area contributed by atoms with Gasteiger partial charge in [0.25, 0.3) is 5.89 Å². The number of nitrogens with zero attached hydrogens (tertiary/aromatic N) is 2. The first kappa shape index (κ1) is 13.5. The minimum atomic E-state index is -0.511. The largest absolute Gasteiger partial charge is 0.484 e. The summed E-state index contributed by atoms with van der Waals surface area (Å²) in [5, 5.41) is 13.4. The highest BCUT2D eigenvalue weighted by atomic mass is 16.5. The van der Waals surface area contributed by atoms with Crippen molar-refractivity contribution in [1.29, 1.82) is 0 Å². The lowest BCUT2D eigenvalue weighted by Gasteiger charge is -2.07. The third-order valence-corrected chi connectivity index (χ3v) is 2.69. The monoisotopic (exact) mass is 262 g/mol. The van der Waals surface area contributed by atoms with Gasteiger partial charge in [-0.3, -0.25) is 0 Å². The van der Waals surface area contributed by atoms with Crippen LogP contribution in [-0.4, -0.2) is 15.2 Å². The molecule has 1 aromatic heterocycles. The number of hydrogen-bond donors (Lipinski definition) is 1. The Hall–Kier alpha value is -1.88. The van der Waals surface area contributed by atoms with Crippen LogP contribution in [-0.2, 0) is 13.0 Å². The first-order valence-electron chi connectivity index (χ1n) is 6.41. The molecule has 1 atom stereocenters. The van der Waals surface area contributed by atoms with Gasteiger partial charge in [0.2, 0.25) is 0 Å². The van der Waals surface area contributed by atoms with Crippen LogP contribution in [0.25, 0.3) is 0 Å². The highest BCUT2D eigenvalue weighted by Gasteiger charge is 2.07. The maximum atomic E-state index is 9.50. The maximum absolute atomic E-state index is 9.50. The summed E-state index contributed by atoms with van der Waals surface area (Å²) in [7, 11) is 0. The van der Waals surface area contributed by atoms with Crippen LogP contribution < -0.4 is 4.74 Å². The van der Waals surface area contributed by atoms with Crippen LogP contribution in [0.5, 0.6) is 5.75 Å². The van der Waals surface area contributed by atoms with Crippen molar-refractivity contribution < 1.29 is 14.4 Å². The smallest absolute Gasteiger partial charge is 0.264 e. The topological polar surface area (TPSA) is 68.4 Å². The van der Waals surface area contributed by atoms with E-state index in [-0.39, 0.29) is 6.61 Å². The van der Waals surface area contributed by atoms with Crippen LogP contribution in [0.2, 0.25) is 0 Å². The average Bonchev–Trinajstić information content (AvgIpc) is 2.85. The van der Waals surface area contributed by atoms with Crippen LogP contribution in [0, 0.1) is 0 Å². The van der Waals surface area contributed by atoms with Gasteiger partial charge in [-0.25, -0.2) is 0 Å². The Morgan fingerprint density at radius 1 is 1.42 bits per heavy atom. The molecule has 0 saturated heterocycles. The molecule has 0 unspecified atom stereocenters. The number of rotatable bonds is 6. The second kappa shape index (κ2) is 6.33. The molecular formula is C14H18N2O3. The molecule has 0 bridgehead atoms. The van der Waals surface area contributed by atoms with Crippen molar-refractivity contribution in [1.82, 2.24) is 10.1 Å². The highest BCUT2D eigenvalue weighted by Crippen LogP contribution is 2.19. The minimum absolute atomic E-state index is 0.236. The Kier molecular flexibility index (Phi) is 4.52. The standard InChI is InChI=1S/C14H18N2O3/c1-3-5-13-15-14(19-16-13)9-18-12-7-4-6-11(8-12)10(2)17/h4,6-8,10,17H,3,5,9H2,1-2H3/t10-/m0/s1. The Morgan fingerprint density at radius 3 is 3.00 bits per heavy atom. The predicted octanol–water partition coefficient (Wildman–Crippen LogP) is 2.65. The number of aliphatic hydroxyl groups excluding tert-OH is 1. The molecule has 19 heavy (non-hydrogen) atoms. The Bertz CT molecular complexity index is 523. The molecule has 0 spiro atoms. The maximum Gasteiger partial charge on any atom is 0.264 e. The van der Waals surface area contributed by atoms with Crippen molar-refractivity contribution in [3.63, 3.8) is 0 Å². The molecule has 5 nitrogen and oxygen atoms in total. The molecule has 2 rings (SSSR count). The van der Waals surface area contributed by atoms with E-state index >= 15 is 0 Å². The molecule has 0 aliphatic heterocycles. The Labute approximate surface area is 112 Å². The summed E-state index contributed by atoms with van der Waals surface area (Å²) < 4.78 is 10.6. The number of benzene rings is 1. The molecule has 1 heterocycles. The summed E-state index contributed by atoms with van der Waals surface area (Å²) in [5.74, 6) is 1.85. The normalized spacial score (nSPS) is 12.4. The fourth-order valence-corrected chi connectivity index (χ4v) is 1.68. The molecule has 0 fully saturated rings. The van der Waals surface area contributed by atoms with Crippen LogP contribution in [0.4, 0.5) is 0 Å². The van der Waals surface area contributed by atoms with Gasteiger partial charge in [0.05, 0.1) is 6.10 Å². The summed E-state index contributed by atoms with van der Waals surface area (Å²) in [4.78, 5) is 4.22. The molecule has 0 aliphatic carbocycles. The van der Waals surface area contributed by atoms with E-state index in [0.717, 1.165) is 18.4 Å². The predicted molar refractivity (Wildman–Crippen MR) is 69.7 cm³/mol. The molecule has 0 radical (unpaired) electrons. The molecule has 1 aromatic carbocycles. The minimum Gasteiger partial charge on any atom is -0.484 e. The van der Waals surface area contributed by atoms with Gasteiger partial charge >= 0.3 is 0 Å². The fraction of sp³-hybridized carbons (Fsp3) is 0.429. The fourth-order valence-electron chi connectivity index (χ4n) is 1.68. The zero-order valence-corrected chi connectivity index (χ0v) is 11.2. The second-order valence-electron chi connectivity index (χ2n) is 4.39. The van der Waals surface area contributed by atoms with Crippen molar-refractivity contribution in [2.24, 2.45) is 0 Å². The van der Waals surface area contributed by atoms with E-state index in [2.05, 4.69) is 17.1 Å². The number of aryl methyl sites for hydroxylation is 1. The number of ether oxygens (including phenoxy) is 1.